The quantitative estimate of drug-likeness (QED) is 0.627. The number of hydrogen-bond donors (Lipinski definition) is 1. The maximum absolute atomic E-state index is 13.4. The Hall–Kier alpha value is -2.99. The molecule has 2 aliphatic rings. The summed E-state index contributed by atoms with van der Waals surface area (Å²) < 4.78 is 5.03. The van der Waals surface area contributed by atoms with E-state index in [1.54, 1.807) is 0 Å². The molecule has 0 saturated carbocycles. The third kappa shape index (κ3) is 3.34. The van der Waals surface area contributed by atoms with Crippen LogP contribution < -0.4 is 9.80 Å². The Morgan fingerprint density at radius 1 is 1.07 bits per heavy atom. The lowest BCUT2D eigenvalue weighted by molar-refractivity contribution is -0.946. The first-order chi connectivity index (χ1) is 13.9. The molecule has 3 atom stereocenters. The smallest absolute Gasteiger partial charge is 0.365 e. The third-order valence-electron chi connectivity index (χ3n) is 6.07. The highest BCUT2D eigenvalue weighted by atomic mass is 16.5. The molecule has 6 heteroatoms. The summed E-state index contributed by atoms with van der Waals surface area (Å²) in [4.78, 5) is 40.9. The molecule has 1 saturated heterocycles. The zero-order valence-corrected chi connectivity index (χ0v) is 16.9. The first-order valence-corrected chi connectivity index (χ1v) is 9.85. The molecule has 0 aromatic heterocycles. The van der Waals surface area contributed by atoms with E-state index in [1.165, 1.54) is 12.0 Å². The van der Waals surface area contributed by atoms with Gasteiger partial charge in [-0.05, 0) is 36.6 Å². The van der Waals surface area contributed by atoms with Gasteiger partial charge in [0.15, 0.2) is 12.1 Å². The van der Waals surface area contributed by atoms with Crippen molar-refractivity contribution in [3.8, 4) is 0 Å². The molecule has 0 bridgehead atoms. The summed E-state index contributed by atoms with van der Waals surface area (Å²) in [5.41, 5.74) is 4.69. The van der Waals surface area contributed by atoms with E-state index in [9.17, 15) is 14.4 Å². The topological polar surface area (TPSA) is 68.1 Å². The number of nitrogens with zero attached hydrogens (tertiary/aromatic N) is 1. The minimum atomic E-state index is -0.597. The first-order valence-electron chi connectivity index (χ1n) is 9.85. The molecule has 1 N–H and O–H groups in total. The lowest BCUT2D eigenvalue weighted by Crippen LogP contribution is -3.20. The number of methoxy groups -OCH3 is 1. The molecular weight excluding hydrogens is 368 g/mol. The highest BCUT2D eigenvalue weighted by Gasteiger charge is 2.51. The van der Waals surface area contributed by atoms with Crippen LogP contribution in [0.4, 0.5) is 5.69 Å². The van der Waals surface area contributed by atoms with E-state index in [1.807, 2.05) is 56.3 Å². The second-order valence-electron chi connectivity index (χ2n) is 7.91. The lowest BCUT2D eigenvalue weighted by Gasteiger charge is -2.34. The number of carbonyl (C=O) groups excluding carboxylic acids is 3. The fraction of sp³-hybridized carbons (Fsp3) is 0.348. The Morgan fingerprint density at radius 3 is 2.52 bits per heavy atom. The van der Waals surface area contributed by atoms with Crippen molar-refractivity contribution in [3.05, 3.63) is 64.7 Å². The molecular formula is C23H25N2O4+. The van der Waals surface area contributed by atoms with Gasteiger partial charge in [-0.1, -0.05) is 36.4 Å². The van der Waals surface area contributed by atoms with Gasteiger partial charge in [-0.25, -0.2) is 9.69 Å². The number of rotatable bonds is 3. The average Bonchev–Trinajstić information content (AvgIpc) is 3.02. The van der Waals surface area contributed by atoms with Gasteiger partial charge >= 0.3 is 5.97 Å². The van der Waals surface area contributed by atoms with Crippen molar-refractivity contribution < 1.29 is 24.0 Å². The molecule has 4 rings (SSSR count). The van der Waals surface area contributed by atoms with E-state index in [-0.39, 0.29) is 24.2 Å². The van der Waals surface area contributed by atoms with Crippen LogP contribution in [0.2, 0.25) is 0 Å². The highest BCUT2D eigenvalue weighted by molar-refractivity contribution is 6.22. The van der Waals surface area contributed by atoms with Gasteiger partial charge in [0.2, 0.25) is 5.91 Å². The Balaban J connectivity index is 1.70. The number of imide groups is 1. The van der Waals surface area contributed by atoms with Crippen LogP contribution in [0.1, 0.15) is 28.7 Å². The van der Waals surface area contributed by atoms with E-state index in [0.29, 0.717) is 18.7 Å². The predicted molar refractivity (Wildman–Crippen MR) is 107 cm³/mol. The number of nitrogens with one attached hydrogen (secondary N) is 1. The van der Waals surface area contributed by atoms with Gasteiger partial charge in [0, 0.05) is 12.0 Å². The number of quaternary nitrogens is 1. The molecule has 0 spiro atoms. The van der Waals surface area contributed by atoms with E-state index >= 15 is 0 Å². The van der Waals surface area contributed by atoms with Crippen molar-refractivity contribution in [1.29, 1.82) is 0 Å². The van der Waals surface area contributed by atoms with Crippen molar-refractivity contribution in [2.45, 2.75) is 45.3 Å². The summed E-state index contributed by atoms with van der Waals surface area (Å²) in [6, 6.07) is 12.6. The Bertz CT molecular complexity index is 1000. The van der Waals surface area contributed by atoms with Crippen LogP contribution in [0.5, 0.6) is 0 Å². The summed E-state index contributed by atoms with van der Waals surface area (Å²) >= 11 is 0. The molecule has 2 heterocycles. The van der Waals surface area contributed by atoms with Crippen LogP contribution in [0.25, 0.3) is 0 Å². The van der Waals surface area contributed by atoms with Gasteiger partial charge in [0.25, 0.3) is 5.91 Å². The summed E-state index contributed by atoms with van der Waals surface area (Å²) in [5.74, 6) is -0.810. The second-order valence-corrected chi connectivity index (χ2v) is 7.91. The minimum Gasteiger partial charge on any atom is -0.465 e. The van der Waals surface area contributed by atoms with E-state index in [0.717, 1.165) is 27.2 Å². The molecule has 2 aromatic rings. The Kier molecular flexibility index (Phi) is 4.96. The third-order valence-corrected chi connectivity index (χ3v) is 6.07. The summed E-state index contributed by atoms with van der Waals surface area (Å²) in [6.07, 6.45) is 0.594. The fourth-order valence-electron chi connectivity index (χ4n) is 4.50. The molecule has 29 heavy (non-hydrogen) atoms. The average molecular weight is 393 g/mol. The van der Waals surface area contributed by atoms with Gasteiger partial charge < -0.3 is 9.64 Å². The van der Waals surface area contributed by atoms with E-state index < -0.39 is 12.1 Å². The van der Waals surface area contributed by atoms with Crippen LogP contribution in [-0.2, 0) is 32.1 Å². The van der Waals surface area contributed by atoms with Crippen LogP contribution in [0.3, 0.4) is 0 Å². The SMILES string of the molecule is COC(=O)[C@@H]1Cc2ccccc2C[NH+]1[C@@H]1CC(=O)N(c2cc(C)ccc2C)C1=O. The molecule has 1 unspecified atom stereocenters. The lowest BCUT2D eigenvalue weighted by atomic mass is 9.92. The number of benzene rings is 2. The van der Waals surface area contributed by atoms with E-state index in [4.69, 9.17) is 4.74 Å². The number of hydrogen-bond acceptors (Lipinski definition) is 4. The van der Waals surface area contributed by atoms with Crippen molar-refractivity contribution >= 4 is 23.5 Å². The van der Waals surface area contributed by atoms with E-state index in [2.05, 4.69) is 0 Å². The van der Waals surface area contributed by atoms with Crippen molar-refractivity contribution in [3.63, 3.8) is 0 Å². The maximum atomic E-state index is 13.4. The number of esters is 1. The van der Waals surface area contributed by atoms with Crippen molar-refractivity contribution in [2.24, 2.45) is 0 Å². The number of fused-ring (bicyclic) bond motifs is 1. The Morgan fingerprint density at radius 2 is 1.79 bits per heavy atom. The Labute approximate surface area is 170 Å². The molecule has 0 aliphatic carbocycles. The van der Waals surface area contributed by atoms with Gasteiger partial charge in [-0.2, -0.15) is 0 Å². The van der Waals surface area contributed by atoms with Crippen LogP contribution >= 0.6 is 0 Å². The number of aryl methyl sites for hydroxylation is 2. The zero-order valence-electron chi connectivity index (χ0n) is 16.9. The normalized spacial score (nSPS) is 23.8. The maximum Gasteiger partial charge on any atom is 0.365 e. The van der Waals surface area contributed by atoms with Gasteiger partial charge in [-0.15, -0.1) is 0 Å². The van der Waals surface area contributed by atoms with Crippen LogP contribution in [0, 0.1) is 13.8 Å². The van der Waals surface area contributed by atoms with Gasteiger partial charge in [-0.3, -0.25) is 9.59 Å². The van der Waals surface area contributed by atoms with Gasteiger partial charge in [0.05, 0.1) is 19.2 Å². The zero-order chi connectivity index (χ0) is 20.7. The summed E-state index contributed by atoms with van der Waals surface area (Å²) in [6.45, 7) is 4.34. The molecule has 6 nitrogen and oxygen atoms in total. The van der Waals surface area contributed by atoms with Crippen LogP contribution in [-0.4, -0.2) is 37.0 Å². The van der Waals surface area contributed by atoms with Crippen molar-refractivity contribution in [2.75, 3.05) is 12.0 Å². The number of anilines is 1. The predicted octanol–water partition coefficient (Wildman–Crippen LogP) is 1.12. The number of ether oxygens (including phenoxy) is 1. The standard InChI is InChI=1S/C23H24N2O4/c1-14-8-9-15(2)18(10-14)25-21(26)12-19(22(25)27)24-13-17-7-5-4-6-16(17)11-20(24)23(28)29-3/h4-10,19-20H,11-13H2,1-3H3/p+1/t19-,20+/m1/s1. The number of carbonyl (C=O) groups is 3. The fourth-order valence-corrected chi connectivity index (χ4v) is 4.50. The van der Waals surface area contributed by atoms with Crippen LogP contribution in [0.15, 0.2) is 42.5 Å². The second kappa shape index (κ2) is 7.44. The molecule has 2 aromatic carbocycles. The number of amides is 2. The summed E-state index contributed by atoms with van der Waals surface area (Å²) in [5, 5.41) is 0. The molecule has 150 valence electrons. The van der Waals surface area contributed by atoms with Gasteiger partial charge in [0.1, 0.15) is 6.54 Å². The highest BCUT2D eigenvalue weighted by Crippen LogP contribution is 2.27. The monoisotopic (exact) mass is 393 g/mol. The molecule has 2 amide bonds. The molecule has 2 aliphatic heterocycles. The largest absolute Gasteiger partial charge is 0.465 e. The van der Waals surface area contributed by atoms with Crippen molar-refractivity contribution in [1.82, 2.24) is 0 Å². The molecule has 1 fully saturated rings. The minimum absolute atomic E-state index is 0.0945. The summed E-state index contributed by atoms with van der Waals surface area (Å²) in [7, 11) is 1.37. The molecule has 0 radical (unpaired) electrons. The first kappa shape index (κ1) is 19.3.